The smallest absolute Gasteiger partial charge is 0.349 e. The van der Waals surface area contributed by atoms with Crippen LogP contribution in [0.4, 0.5) is 0 Å². The zero-order valence-electron chi connectivity index (χ0n) is 12.0. The number of hydrogen-bond acceptors (Lipinski definition) is 4. The first-order valence-corrected chi connectivity index (χ1v) is 6.99. The van der Waals surface area contributed by atoms with E-state index in [0.29, 0.717) is 17.4 Å². The predicted octanol–water partition coefficient (Wildman–Crippen LogP) is 2.75. The van der Waals surface area contributed by atoms with E-state index < -0.39 is 11.5 Å². The second-order valence-electron chi connectivity index (χ2n) is 5.14. The Labute approximate surface area is 126 Å². The molecule has 3 rings (SSSR count). The van der Waals surface area contributed by atoms with E-state index in [0.717, 1.165) is 5.76 Å². The highest BCUT2D eigenvalue weighted by Gasteiger charge is 2.16. The van der Waals surface area contributed by atoms with Crippen LogP contribution in [0.15, 0.2) is 62.4 Å². The molecule has 2 aromatic heterocycles. The first kappa shape index (κ1) is 14.1. The van der Waals surface area contributed by atoms with E-state index in [1.165, 1.54) is 0 Å². The van der Waals surface area contributed by atoms with Gasteiger partial charge in [-0.15, -0.1) is 0 Å². The summed E-state index contributed by atoms with van der Waals surface area (Å²) in [4.78, 5) is 24.2. The Morgan fingerprint density at radius 1 is 1.23 bits per heavy atom. The summed E-state index contributed by atoms with van der Waals surface area (Å²) in [6.07, 6.45) is 2.14. The molecule has 2 heterocycles. The van der Waals surface area contributed by atoms with Gasteiger partial charge >= 0.3 is 5.63 Å². The molecular formula is C17H15NO4. The van der Waals surface area contributed by atoms with Gasteiger partial charge in [-0.05, 0) is 31.2 Å². The Morgan fingerprint density at radius 3 is 2.82 bits per heavy atom. The second-order valence-corrected chi connectivity index (χ2v) is 5.14. The minimum Gasteiger partial charge on any atom is -0.469 e. The average Bonchev–Trinajstić information content (AvgIpc) is 2.99. The van der Waals surface area contributed by atoms with E-state index in [-0.39, 0.29) is 11.6 Å². The number of carbonyl (C=O) groups is 1. The first-order chi connectivity index (χ1) is 10.6. The molecule has 3 aromatic rings. The third-order valence-corrected chi connectivity index (χ3v) is 3.35. The molecule has 0 saturated heterocycles. The van der Waals surface area contributed by atoms with Crippen LogP contribution in [0, 0.1) is 0 Å². The number of carbonyl (C=O) groups excluding carboxylic acids is 1. The number of rotatable bonds is 4. The second kappa shape index (κ2) is 5.89. The van der Waals surface area contributed by atoms with Gasteiger partial charge < -0.3 is 14.2 Å². The van der Waals surface area contributed by atoms with Gasteiger partial charge in [-0.3, -0.25) is 4.79 Å². The van der Waals surface area contributed by atoms with Gasteiger partial charge in [-0.25, -0.2) is 4.79 Å². The largest absolute Gasteiger partial charge is 0.469 e. The molecule has 0 fully saturated rings. The van der Waals surface area contributed by atoms with E-state index in [1.54, 1.807) is 36.6 Å². The fourth-order valence-electron chi connectivity index (χ4n) is 2.30. The van der Waals surface area contributed by atoms with Crippen molar-refractivity contribution in [3.63, 3.8) is 0 Å². The van der Waals surface area contributed by atoms with Crippen molar-refractivity contribution >= 4 is 16.9 Å². The number of nitrogens with one attached hydrogen (secondary N) is 1. The molecule has 0 aliphatic rings. The quantitative estimate of drug-likeness (QED) is 0.752. The predicted molar refractivity (Wildman–Crippen MR) is 81.8 cm³/mol. The Kier molecular flexibility index (Phi) is 3.78. The summed E-state index contributed by atoms with van der Waals surface area (Å²) in [5.41, 5.74) is -0.168. The molecule has 0 bridgehead atoms. The normalized spacial score (nSPS) is 12.2. The first-order valence-electron chi connectivity index (χ1n) is 6.99. The molecule has 0 radical (unpaired) electrons. The highest BCUT2D eigenvalue weighted by Crippen LogP contribution is 2.13. The van der Waals surface area contributed by atoms with Gasteiger partial charge in [0.15, 0.2) is 0 Å². The maximum atomic E-state index is 12.2. The van der Waals surface area contributed by atoms with Gasteiger partial charge in [0, 0.05) is 17.8 Å². The molecule has 0 spiro atoms. The molecule has 112 valence electrons. The Bertz CT molecular complexity index is 848. The van der Waals surface area contributed by atoms with Crippen molar-refractivity contribution < 1.29 is 13.6 Å². The highest BCUT2D eigenvalue weighted by molar-refractivity contribution is 5.96. The lowest BCUT2D eigenvalue weighted by molar-refractivity contribution is 0.0935. The maximum Gasteiger partial charge on any atom is 0.349 e. The number of para-hydroxylation sites is 1. The molecule has 0 saturated carbocycles. The van der Waals surface area contributed by atoms with E-state index in [4.69, 9.17) is 8.83 Å². The molecule has 1 N–H and O–H groups in total. The molecule has 0 aliphatic carbocycles. The van der Waals surface area contributed by atoms with Crippen LogP contribution in [0.3, 0.4) is 0 Å². The van der Waals surface area contributed by atoms with Crippen LogP contribution < -0.4 is 10.9 Å². The summed E-state index contributed by atoms with van der Waals surface area (Å²) in [5, 5.41) is 3.49. The van der Waals surface area contributed by atoms with Gasteiger partial charge in [0.05, 0.1) is 6.26 Å². The molecule has 1 atom stereocenters. The standard InChI is InChI=1S/C17H15NO4/c1-11(9-13-6-4-8-21-13)18-16(19)14-10-12-5-2-3-7-15(12)22-17(14)20/h2-8,10-11H,9H2,1H3,(H,18,19)/t11-/m0/s1. The molecule has 5 heteroatoms. The van der Waals surface area contributed by atoms with E-state index in [1.807, 2.05) is 19.1 Å². The minimum atomic E-state index is -0.638. The number of fused-ring (bicyclic) bond motifs is 1. The zero-order valence-corrected chi connectivity index (χ0v) is 12.0. The topological polar surface area (TPSA) is 72.5 Å². The monoisotopic (exact) mass is 297 g/mol. The number of hydrogen-bond donors (Lipinski definition) is 1. The highest BCUT2D eigenvalue weighted by atomic mass is 16.4. The van der Waals surface area contributed by atoms with Crippen molar-refractivity contribution in [1.82, 2.24) is 5.32 Å². The minimum absolute atomic E-state index is 0.00462. The molecule has 0 unspecified atom stereocenters. The van der Waals surface area contributed by atoms with Crippen LogP contribution in [-0.4, -0.2) is 11.9 Å². The van der Waals surface area contributed by atoms with Crippen LogP contribution in [0.1, 0.15) is 23.0 Å². The molecule has 22 heavy (non-hydrogen) atoms. The maximum absolute atomic E-state index is 12.2. The summed E-state index contributed by atoms with van der Waals surface area (Å²) in [6, 6.07) is 12.1. The van der Waals surface area contributed by atoms with Crippen molar-refractivity contribution in [2.75, 3.05) is 0 Å². The molecule has 1 amide bonds. The van der Waals surface area contributed by atoms with Crippen molar-refractivity contribution in [3.8, 4) is 0 Å². The zero-order chi connectivity index (χ0) is 15.5. The Balaban J connectivity index is 1.79. The Morgan fingerprint density at radius 2 is 2.05 bits per heavy atom. The van der Waals surface area contributed by atoms with Gasteiger partial charge in [0.1, 0.15) is 16.9 Å². The summed E-state index contributed by atoms with van der Waals surface area (Å²) < 4.78 is 10.4. The average molecular weight is 297 g/mol. The third-order valence-electron chi connectivity index (χ3n) is 3.35. The summed E-state index contributed by atoms with van der Waals surface area (Å²) in [5.74, 6) is 0.330. The summed E-state index contributed by atoms with van der Waals surface area (Å²) in [7, 11) is 0. The SMILES string of the molecule is C[C@@H](Cc1ccco1)NC(=O)c1cc2ccccc2oc1=O. The number of amides is 1. The van der Waals surface area contributed by atoms with E-state index >= 15 is 0 Å². The Hall–Kier alpha value is -2.82. The lowest BCUT2D eigenvalue weighted by atomic mass is 10.1. The van der Waals surface area contributed by atoms with Crippen LogP contribution >= 0.6 is 0 Å². The van der Waals surface area contributed by atoms with Crippen LogP contribution in [0.5, 0.6) is 0 Å². The van der Waals surface area contributed by atoms with Crippen molar-refractivity contribution in [2.45, 2.75) is 19.4 Å². The van der Waals surface area contributed by atoms with Gasteiger partial charge in [-0.1, -0.05) is 18.2 Å². The fourth-order valence-corrected chi connectivity index (χ4v) is 2.30. The van der Waals surface area contributed by atoms with Crippen molar-refractivity contribution in [3.05, 3.63) is 70.5 Å². The lowest BCUT2D eigenvalue weighted by Gasteiger charge is -2.12. The number of benzene rings is 1. The van der Waals surface area contributed by atoms with Crippen LogP contribution in [-0.2, 0) is 6.42 Å². The van der Waals surface area contributed by atoms with Crippen molar-refractivity contribution in [1.29, 1.82) is 0 Å². The molecule has 1 aromatic carbocycles. The molecule has 5 nitrogen and oxygen atoms in total. The van der Waals surface area contributed by atoms with Crippen molar-refractivity contribution in [2.24, 2.45) is 0 Å². The summed E-state index contributed by atoms with van der Waals surface area (Å²) in [6.45, 7) is 1.85. The summed E-state index contributed by atoms with van der Waals surface area (Å²) >= 11 is 0. The molecular weight excluding hydrogens is 282 g/mol. The van der Waals surface area contributed by atoms with Gasteiger partial charge in [-0.2, -0.15) is 0 Å². The lowest BCUT2D eigenvalue weighted by Crippen LogP contribution is -2.36. The molecule has 0 aliphatic heterocycles. The van der Waals surface area contributed by atoms with Crippen LogP contribution in [0.25, 0.3) is 11.0 Å². The third kappa shape index (κ3) is 2.93. The van der Waals surface area contributed by atoms with Gasteiger partial charge in [0.25, 0.3) is 5.91 Å². The fraction of sp³-hybridized carbons (Fsp3) is 0.176. The van der Waals surface area contributed by atoms with Crippen LogP contribution in [0.2, 0.25) is 0 Å². The van der Waals surface area contributed by atoms with E-state index in [2.05, 4.69) is 5.32 Å². The number of furan rings is 1. The van der Waals surface area contributed by atoms with E-state index in [9.17, 15) is 9.59 Å². The van der Waals surface area contributed by atoms with Gasteiger partial charge in [0.2, 0.25) is 0 Å².